The number of benzene rings is 1. The van der Waals surface area contributed by atoms with E-state index in [9.17, 15) is 4.39 Å². The average molecular weight is 295 g/mol. The van der Waals surface area contributed by atoms with Crippen molar-refractivity contribution in [2.24, 2.45) is 0 Å². The SMILES string of the molecule is CCc1nn2c3c(cnc2c1-c1ccc(F)cc1)CCCC3. The van der Waals surface area contributed by atoms with Gasteiger partial charge in [-0.25, -0.2) is 13.9 Å². The Labute approximate surface area is 128 Å². The molecule has 4 heteroatoms. The largest absolute Gasteiger partial charge is 0.236 e. The van der Waals surface area contributed by atoms with Gasteiger partial charge in [0.1, 0.15) is 5.82 Å². The predicted molar refractivity (Wildman–Crippen MR) is 84.4 cm³/mol. The molecule has 22 heavy (non-hydrogen) atoms. The van der Waals surface area contributed by atoms with Crippen molar-refractivity contribution < 1.29 is 4.39 Å². The normalized spacial score (nSPS) is 14.3. The molecule has 2 aromatic heterocycles. The van der Waals surface area contributed by atoms with Gasteiger partial charge in [-0.1, -0.05) is 19.1 Å². The zero-order valence-electron chi connectivity index (χ0n) is 12.6. The standard InChI is InChI=1S/C18H18FN3/c1-2-15-17(12-7-9-14(19)10-8-12)18-20-11-13-5-3-4-6-16(13)22(18)21-15/h7-11H,2-6H2,1H3. The first-order valence-corrected chi connectivity index (χ1v) is 7.92. The summed E-state index contributed by atoms with van der Waals surface area (Å²) >= 11 is 0. The minimum absolute atomic E-state index is 0.219. The molecule has 0 N–H and O–H groups in total. The van der Waals surface area contributed by atoms with E-state index in [0.29, 0.717) is 0 Å². The van der Waals surface area contributed by atoms with E-state index in [0.717, 1.165) is 41.7 Å². The second-order valence-electron chi connectivity index (χ2n) is 5.85. The number of aromatic nitrogens is 3. The van der Waals surface area contributed by atoms with Crippen molar-refractivity contribution in [2.45, 2.75) is 39.0 Å². The second-order valence-corrected chi connectivity index (χ2v) is 5.85. The van der Waals surface area contributed by atoms with Crippen LogP contribution in [0.5, 0.6) is 0 Å². The topological polar surface area (TPSA) is 30.2 Å². The average Bonchev–Trinajstić information content (AvgIpc) is 2.94. The molecule has 0 bridgehead atoms. The lowest BCUT2D eigenvalue weighted by Gasteiger charge is -2.15. The Bertz CT molecular complexity index is 834. The van der Waals surface area contributed by atoms with Crippen LogP contribution >= 0.6 is 0 Å². The molecule has 1 aliphatic carbocycles. The fourth-order valence-corrected chi connectivity index (χ4v) is 3.35. The van der Waals surface area contributed by atoms with E-state index in [2.05, 4.69) is 11.9 Å². The smallest absolute Gasteiger partial charge is 0.163 e. The summed E-state index contributed by atoms with van der Waals surface area (Å²) in [6.45, 7) is 2.10. The molecule has 1 aliphatic rings. The number of halogens is 1. The fraction of sp³-hybridized carbons (Fsp3) is 0.333. The quantitative estimate of drug-likeness (QED) is 0.716. The zero-order valence-corrected chi connectivity index (χ0v) is 12.6. The molecule has 0 spiro atoms. The molecule has 0 saturated carbocycles. The number of hydrogen-bond acceptors (Lipinski definition) is 2. The van der Waals surface area contributed by atoms with Crippen molar-refractivity contribution in [3.05, 3.63) is 53.2 Å². The number of hydrogen-bond donors (Lipinski definition) is 0. The Morgan fingerprint density at radius 2 is 1.91 bits per heavy atom. The lowest BCUT2D eigenvalue weighted by molar-refractivity contribution is 0.628. The second kappa shape index (κ2) is 5.20. The summed E-state index contributed by atoms with van der Waals surface area (Å²) in [6.07, 6.45) is 7.42. The summed E-state index contributed by atoms with van der Waals surface area (Å²) in [5.41, 5.74) is 6.54. The third-order valence-electron chi connectivity index (χ3n) is 4.48. The van der Waals surface area contributed by atoms with Gasteiger partial charge < -0.3 is 0 Å². The first kappa shape index (κ1) is 13.4. The highest BCUT2D eigenvalue weighted by molar-refractivity contribution is 5.80. The van der Waals surface area contributed by atoms with Crippen LogP contribution in [0.2, 0.25) is 0 Å². The maximum absolute atomic E-state index is 13.2. The van der Waals surface area contributed by atoms with Gasteiger partial charge in [0.25, 0.3) is 0 Å². The van der Waals surface area contributed by atoms with Crippen LogP contribution in [-0.2, 0) is 19.3 Å². The Morgan fingerprint density at radius 3 is 2.68 bits per heavy atom. The molecule has 0 saturated heterocycles. The van der Waals surface area contributed by atoms with Gasteiger partial charge >= 0.3 is 0 Å². The predicted octanol–water partition coefficient (Wildman–Crippen LogP) is 3.98. The van der Waals surface area contributed by atoms with Crippen molar-refractivity contribution in [3.63, 3.8) is 0 Å². The van der Waals surface area contributed by atoms with Crippen molar-refractivity contribution >= 4 is 5.65 Å². The number of aryl methyl sites for hydroxylation is 3. The van der Waals surface area contributed by atoms with Gasteiger partial charge in [0, 0.05) is 17.5 Å². The van der Waals surface area contributed by atoms with E-state index in [1.54, 1.807) is 0 Å². The van der Waals surface area contributed by atoms with Crippen LogP contribution in [0.25, 0.3) is 16.8 Å². The molecule has 0 radical (unpaired) electrons. The number of rotatable bonds is 2. The van der Waals surface area contributed by atoms with E-state index in [1.807, 2.05) is 22.8 Å². The Hall–Kier alpha value is -2.23. The Kier molecular flexibility index (Phi) is 3.17. The first-order chi connectivity index (χ1) is 10.8. The molecule has 3 aromatic rings. The fourth-order valence-electron chi connectivity index (χ4n) is 3.35. The minimum atomic E-state index is -0.219. The van der Waals surface area contributed by atoms with Gasteiger partial charge in [-0.3, -0.25) is 0 Å². The molecule has 4 rings (SSSR count). The van der Waals surface area contributed by atoms with E-state index >= 15 is 0 Å². The van der Waals surface area contributed by atoms with Gasteiger partial charge in [0.05, 0.1) is 5.69 Å². The maximum Gasteiger partial charge on any atom is 0.163 e. The molecular weight excluding hydrogens is 277 g/mol. The van der Waals surface area contributed by atoms with Crippen LogP contribution in [0.15, 0.2) is 30.5 Å². The number of nitrogens with zero attached hydrogens (tertiary/aromatic N) is 3. The van der Waals surface area contributed by atoms with Crippen molar-refractivity contribution in [1.82, 2.24) is 14.6 Å². The van der Waals surface area contributed by atoms with Gasteiger partial charge in [-0.05, 0) is 55.4 Å². The van der Waals surface area contributed by atoms with E-state index in [4.69, 9.17) is 5.10 Å². The Balaban J connectivity index is 1.99. The third-order valence-corrected chi connectivity index (χ3v) is 4.48. The highest BCUT2D eigenvalue weighted by atomic mass is 19.1. The monoisotopic (exact) mass is 295 g/mol. The van der Waals surface area contributed by atoms with Crippen molar-refractivity contribution in [3.8, 4) is 11.1 Å². The summed E-state index contributed by atoms with van der Waals surface area (Å²) in [6, 6.07) is 6.62. The molecule has 1 aromatic carbocycles. The van der Waals surface area contributed by atoms with E-state index < -0.39 is 0 Å². The summed E-state index contributed by atoms with van der Waals surface area (Å²) < 4.78 is 15.2. The molecule has 2 heterocycles. The lowest BCUT2D eigenvalue weighted by atomic mass is 9.97. The zero-order chi connectivity index (χ0) is 15.1. The minimum Gasteiger partial charge on any atom is -0.236 e. The van der Waals surface area contributed by atoms with Crippen LogP contribution in [0.1, 0.15) is 36.7 Å². The van der Waals surface area contributed by atoms with Crippen LogP contribution in [-0.4, -0.2) is 14.6 Å². The summed E-state index contributed by atoms with van der Waals surface area (Å²) in [5, 5.41) is 4.80. The highest BCUT2D eigenvalue weighted by Gasteiger charge is 2.20. The summed E-state index contributed by atoms with van der Waals surface area (Å²) in [5.74, 6) is -0.219. The highest BCUT2D eigenvalue weighted by Crippen LogP contribution is 2.31. The van der Waals surface area contributed by atoms with Crippen LogP contribution in [0.4, 0.5) is 4.39 Å². The van der Waals surface area contributed by atoms with Crippen LogP contribution in [0.3, 0.4) is 0 Å². The lowest BCUT2D eigenvalue weighted by Crippen LogP contribution is -2.10. The Morgan fingerprint density at radius 1 is 1.14 bits per heavy atom. The van der Waals surface area contributed by atoms with E-state index in [1.165, 1.54) is 36.2 Å². The van der Waals surface area contributed by atoms with Gasteiger partial charge in [-0.15, -0.1) is 0 Å². The van der Waals surface area contributed by atoms with Crippen molar-refractivity contribution in [2.75, 3.05) is 0 Å². The molecule has 0 aliphatic heterocycles. The molecule has 3 nitrogen and oxygen atoms in total. The van der Waals surface area contributed by atoms with Crippen molar-refractivity contribution in [1.29, 1.82) is 0 Å². The summed E-state index contributed by atoms with van der Waals surface area (Å²) in [4.78, 5) is 4.67. The van der Waals surface area contributed by atoms with E-state index in [-0.39, 0.29) is 5.82 Å². The first-order valence-electron chi connectivity index (χ1n) is 7.92. The molecular formula is C18H18FN3. The van der Waals surface area contributed by atoms with Gasteiger partial charge in [0.2, 0.25) is 0 Å². The van der Waals surface area contributed by atoms with Crippen LogP contribution < -0.4 is 0 Å². The van der Waals surface area contributed by atoms with Gasteiger partial charge in [-0.2, -0.15) is 5.10 Å². The van der Waals surface area contributed by atoms with Crippen LogP contribution in [0, 0.1) is 5.82 Å². The third kappa shape index (κ3) is 2.02. The molecule has 0 fully saturated rings. The molecule has 0 unspecified atom stereocenters. The molecule has 0 atom stereocenters. The maximum atomic E-state index is 13.2. The molecule has 0 amide bonds. The summed E-state index contributed by atoms with van der Waals surface area (Å²) in [7, 11) is 0. The number of fused-ring (bicyclic) bond motifs is 3. The van der Waals surface area contributed by atoms with Gasteiger partial charge in [0.15, 0.2) is 5.65 Å². The molecule has 112 valence electrons.